The van der Waals surface area contributed by atoms with E-state index in [-0.39, 0.29) is 29.8 Å². The van der Waals surface area contributed by atoms with Crippen LogP contribution in [0.2, 0.25) is 0 Å². The Morgan fingerprint density at radius 1 is 1.57 bits per heavy atom. The van der Waals surface area contributed by atoms with E-state index in [4.69, 9.17) is 0 Å². The van der Waals surface area contributed by atoms with Crippen molar-refractivity contribution in [2.24, 2.45) is 17.3 Å². The highest BCUT2D eigenvalue weighted by Crippen LogP contribution is 2.43. The maximum Gasteiger partial charge on any atom is 0.244 e. The monoisotopic (exact) mass is 292 g/mol. The number of likely N-dealkylation sites (tertiary alicyclic amines) is 1. The summed E-state index contributed by atoms with van der Waals surface area (Å²) in [6, 6.07) is 0. The molecule has 0 aromatic rings. The molecule has 2 atom stereocenters. The Hall–Kier alpha value is -1.58. The topological polar surface area (TPSA) is 49.4 Å². The molecule has 4 heteroatoms. The molecule has 2 unspecified atom stereocenters. The van der Waals surface area contributed by atoms with E-state index in [9.17, 15) is 9.59 Å². The number of amides is 2. The van der Waals surface area contributed by atoms with Gasteiger partial charge in [0.05, 0.1) is 6.67 Å². The summed E-state index contributed by atoms with van der Waals surface area (Å²) in [6.07, 6.45) is 4.00. The summed E-state index contributed by atoms with van der Waals surface area (Å²) in [7, 11) is 0. The van der Waals surface area contributed by atoms with Gasteiger partial charge in [-0.1, -0.05) is 47.3 Å². The molecule has 1 heterocycles. The van der Waals surface area contributed by atoms with Crippen LogP contribution in [0.1, 0.15) is 47.0 Å². The molecular formula is C17H28N2O2. The van der Waals surface area contributed by atoms with Crippen molar-refractivity contribution in [1.29, 1.82) is 0 Å². The summed E-state index contributed by atoms with van der Waals surface area (Å²) in [5.74, 6) is 0.325. The molecule has 21 heavy (non-hydrogen) atoms. The van der Waals surface area contributed by atoms with Crippen molar-refractivity contribution in [3.05, 3.63) is 24.9 Å². The molecule has 1 aliphatic heterocycles. The largest absolute Gasteiger partial charge is 0.335 e. The minimum absolute atomic E-state index is 0.0559. The molecule has 1 fully saturated rings. The lowest BCUT2D eigenvalue weighted by molar-refractivity contribution is -0.134. The van der Waals surface area contributed by atoms with Crippen LogP contribution in [0.15, 0.2) is 24.9 Å². The van der Waals surface area contributed by atoms with Crippen LogP contribution in [0.3, 0.4) is 0 Å². The second-order valence-corrected chi connectivity index (χ2v) is 6.70. The molecule has 0 aliphatic carbocycles. The van der Waals surface area contributed by atoms with Crippen molar-refractivity contribution in [2.45, 2.75) is 47.0 Å². The first-order valence-corrected chi connectivity index (χ1v) is 7.62. The second kappa shape index (κ2) is 6.92. The number of hydrogen-bond donors (Lipinski definition) is 1. The molecule has 0 aromatic heterocycles. The second-order valence-electron chi connectivity index (χ2n) is 6.70. The summed E-state index contributed by atoms with van der Waals surface area (Å²) < 4.78 is 0. The van der Waals surface area contributed by atoms with Crippen LogP contribution in [-0.2, 0) is 9.59 Å². The number of hydrogen-bond acceptors (Lipinski definition) is 2. The van der Waals surface area contributed by atoms with Crippen LogP contribution in [0.5, 0.6) is 0 Å². The summed E-state index contributed by atoms with van der Waals surface area (Å²) in [5, 5.41) is 2.65. The number of nitrogens with one attached hydrogen (secondary N) is 1. The maximum atomic E-state index is 12.6. The Bertz CT molecular complexity index is 440. The van der Waals surface area contributed by atoms with E-state index in [0.717, 1.165) is 18.5 Å². The van der Waals surface area contributed by atoms with Crippen molar-refractivity contribution < 1.29 is 9.59 Å². The lowest BCUT2D eigenvalue weighted by Crippen LogP contribution is -2.40. The van der Waals surface area contributed by atoms with Gasteiger partial charge in [0.2, 0.25) is 11.8 Å². The Balaban J connectivity index is 2.75. The Kier molecular flexibility index (Phi) is 5.76. The SMILES string of the molecule is C=CC(=O)NCN1C(=C)CC(C(C)(C)CC(C)CC)C1=O. The zero-order chi connectivity index (χ0) is 16.2. The molecule has 0 saturated carbocycles. The van der Waals surface area contributed by atoms with Crippen LogP contribution in [0.4, 0.5) is 0 Å². The Morgan fingerprint density at radius 2 is 2.19 bits per heavy atom. The van der Waals surface area contributed by atoms with Crippen LogP contribution in [0, 0.1) is 17.3 Å². The van der Waals surface area contributed by atoms with Crippen LogP contribution < -0.4 is 5.32 Å². The normalized spacial score (nSPS) is 20.6. The van der Waals surface area contributed by atoms with E-state index in [0.29, 0.717) is 12.3 Å². The quantitative estimate of drug-likeness (QED) is 0.733. The number of rotatable bonds is 7. The number of carbonyl (C=O) groups is 2. The highest BCUT2D eigenvalue weighted by atomic mass is 16.2. The Labute approximate surface area is 128 Å². The first-order valence-electron chi connectivity index (χ1n) is 7.62. The van der Waals surface area contributed by atoms with E-state index in [1.54, 1.807) is 4.90 Å². The van der Waals surface area contributed by atoms with Crippen molar-refractivity contribution in [1.82, 2.24) is 10.2 Å². The molecule has 1 saturated heterocycles. The van der Waals surface area contributed by atoms with Crippen molar-refractivity contribution >= 4 is 11.8 Å². The van der Waals surface area contributed by atoms with Crippen LogP contribution in [-0.4, -0.2) is 23.4 Å². The molecule has 0 aromatic carbocycles. The minimum atomic E-state index is -0.280. The van der Waals surface area contributed by atoms with E-state index in [1.165, 1.54) is 6.08 Å². The van der Waals surface area contributed by atoms with Gasteiger partial charge in [-0.05, 0) is 30.3 Å². The molecular weight excluding hydrogens is 264 g/mol. The van der Waals surface area contributed by atoms with Gasteiger partial charge >= 0.3 is 0 Å². The van der Waals surface area contributed by atoms with Crippen molar-refractivity contribution in [3.63, 3.8) is 0 Å². The predicted molar refractivity (Wildman–Crippen MR) is 85.2 cm³/mol. The van der Waals surface area contributed by atoms with Gasteiger partial charge in [-0.2, -0.15) is 0 Å². The van der Waals surface area contributed by atoms with Gasteiger partial charge in [0, 0.05) is 11.6 Å². The van der Waals surface area contributed by atoms with E-state index >= 15 is 0 Å². The summed E-state index contributed by atoms with van der Waals surface area (Å²) in [6.45, 7) is 16.3. The summed E-state index contributed by atoms with van der Waals surface area (Å²) >= 11 is 0. The highest BCUT2D eigenvalue weighted by molar-refractivity contribution is 5.88. The highest BCUT2D eigenvalue weighted by Gasteiger charge is 2.44. The van der Waals surface area contributed by atoms with Crippen LogP contribution >= 0.6 is 0 Å². The van der Waals surface area contributed by atoms with Crippen molar-refractivity contribution in [2.75, 3.05) is 6.67 Å². The fourth-order valence-electron chi connectivity index (χ4n) is 2.99. The van der Waals surface area contributed by atoms with Gasteiger partial charge in [0.1, 0.15) is 0 Å². The number of nitrogens with zero attached hydrogens (tertiary/aromatic N) is 1. The van der Waals surface area contributed by atoms with Gasteiger partial charge in [-0.15, -0.1) is 0 Å². The first-order chi connectivity index (χ1) is 9.72. The molecule has 118 valence electrons. The van der Waals surface area contributed by atoms with Crippen LogP contribution in [0.25, 0.3) is 0 Å². The number of carbonyl (C=O) groups excluding carboxylic acids is 2. The molecule has 1 rings (SSSR count). The molecule has 1 N–H and O–H groups in total. The van der Waals surface area contributed by atoms with E-state index < -0.39 is 0 Å². The lowest BCUT2D eigenvalue weighted by Gasteiger charge is -2.32. The third-order valence-corrected chi connectivity index (χ3v) is 4.50. The lowest BCUT2D eigenvalue weighted by atomic mass is 9.71. The van der Waals surface area contributed by atoms with E-state index in [1.807, 2.05) is 0 Å². The fourth-order valence-corrected chi connectivity index (χ4v) is 2.99. The smallest absolute Gasteiger partial charge is 0.244 e. The molecule has 1 aliphatic rings. The molecule has 0 radical (unpaired) electrons. The first kappa shape index (κ1) is 17.5. The molecule has 4 nitrogen and oxygen atoms in total. The van der Waals surface area contributed by atoms with Gasteiger partial charge in [-0.25, -0.2) is 0 Å². The van der Waals surface area contributed by atoms with Gasteiger partial charge in [0.25, 0.3) is 0 Å². The summed E-state index contributed by atoms with van der Waals surface area (Å²) in [5.41, 5.74) is 0.721. The van der Waals surface area contributed by atoms with Gasteiger partial charge < -0.3 is 5.32 Å². The maximum absolute atomic E-state index is 12.6. The van der Waals surface area contributed by atoms with E-state index in [2.05, 4.69) is 46.2 Å². The predicted octanol–water partition coefficient (Wildman–Crippen LogP) is 3.07. The average Bonchev–Trinajstić information content (AvgIpc) is 2.71. The van der Waals surface area contributed by atoms with Gasteiger partial charge in [-0.3, -0.25) is 14.5 Å². The third-order valence-electron chi connectivity index (χ3n) is 4.50. The van der Waals surface area contributed by atoms with Gasteiger partial charge in [0.15, 0.2) is 0 Å². The standard InChI is InChI=1S/C17H28N2O2/c1-7-12(3)10-17(5,6)14-9-13(4)19(16(14)21)11-18-15(20)8-2/h8,12,14H,2,4,7,9-11H2,1,3,5-6H3,(H,18,20). The fraction of sp³-hybridized carbons (Fsp3) is 0.647. The molecule has 2 amide bonds. The summed E-state index contributed by atoms with van der Waals surface area (Å²) in [4.78, 5) is 25.5. The zero-order valence-corrected chi connectivity index (χ0v) is 13.7. The molecule has 0 spiro atoms. The minimum Gasteiger partial charge on any atom is -0.335 e. The van der Waals surface area contributed by atoms with Crippen molar-refractivity contribution in [3.8, 4) is 0 Å². The number of allylic oxidation sites excluding steroid dienone is 1. The third kappa shape index (κ3) is 4.19. The average molecular weight is 292 g/mol. The molecule has 0 bridgehead atoms. The zero-order valence-electron chi connectivity index (χ0n) is 13.7. The Morgan fingerprint density at radius 3 is 2.71 bits per heavy atom.